The van der Waals surface area contributed by atoms with Crippen molar-refractivity contribution in [3.05, 3.63) is 66.4 Å². The zero-order valence-electron chi connectivity index (χ0n) is 10.00. The summed E-state index contributed by atoms with van der Waals surface area (Å²) < 4.78 is 5.06. The highest BCUT2D eigenvalue weighted by atomic mass is 16.3. The van der Waals surface area contributed by atoms with Gasteiger partial charge in [-0.05, 0) is 30.0 Å². The summed E-state index contributed by atoms with van der Waals surface area (Å²) in [5, 5.41) is 12.8. The Balaban J connectivity index is 2.26. The number of furan rings is 1. The van der Waals surface area contributed by atoms with E-state index in [1.165, 1.54) is 0 Å². The maximum Gasteiger partial charge on any atom is 0.116 e. The molecule has 1 aromatic carbocycles. The normalized spacial score (nSPS) is 14.6. The summed E-state index contributed by atoms with van der Waals surface area (Å²) in [4.78, 5) is 4.13. The molecule has 0 spiro atoms. The molecule has 0 bridgehead atoms. The van der Waals surface area contributed by atoms with E-state index in [0.29, 0.717) is 0 Å². The van der Waals surface area contributed by atoms with E-state index in [1.807, 2.05) is 24.3 Å². The molecule has 3 aromatic rings. The lowest BCUT2D eigenvalue weighted by atomic mass is 9.87. The van der Waals surface area contributed by atoms with Gasteiger partial charge < -0.3 is 9.52 Å². The van der Waals surface area contributed by atoms with Crippen molar-refractivity contribution in [2.75, 3.05) is 0 Å². The van der Waals surface area contributed by atoms with Gasteiger partial charge in [-0.3, -0.25) is 4.98 Å². The number of hydrogen-bond donors (Lipinski definition) is 1. The molecular formula is C15H13NO2. The molecule has 1 atom stereocenters. The highest BCUT2D eigenvalue weighted by Gasteiger charge is 2.28. The van der Waals surface area contributed by atoms with Crippen molar-refractivity contribution in [3.63, 3.8) is 0 Å². The van der Waals surface area contributed by atoms with Gasteiger partial charge in [-0.1, -0.05) is 18.2 Å². The Bertz CT molecular complexity index is 667. The summed E-state index contributed by atoms with van der Waals surface area (Å²) in [5.41, 5.74) is 0.476. The first-order valence-electron chi connectivity index (χ1n) is 5.78. The Morgan fingerprint density at radius 3 is 2.89 bits per heavy atom. The Hall–Kier alpha value is -2.13. The molecule has 18 heavy (non-hydrogen) atoms. The van der Waals surface area contributed by atoms with Crippen LogP contribution in [0.3, 0.4) is 0 Å². The van der Waals surface area contributed by atoms with E-state index in [9.17, 15) is 5.11 Å². The van der Waals surface area contributed by atoms with Gasteiger partial charge in [0.2, 0.25) is 0 Å². The largest absolute Gasteiger partial charge is 0.472 e. The van der Waals surface area contributed by atoms with Crippen molar-refractivity contribution in [1.82, 2.24) is 4.98 Å². The highest BCUT2D eigenvalue weighted by Crippen LogP contribution is 2.33. The van der Waals surface area contributed by atoms with E-state index < -0.39 is 5.60 Å². The lowest BCUT2D eigenvalue weighted by Gasteiger charge is -2.24. The van der Waals surface area contributed by atoms with Gasteiger partial charge in [-0.2, -0.15) is 0 Å². The van der Waals surface area contributed by atoms with Crippen LogP contribution in [-0.2, 0) is 5.60 Å². The standard InChI is InChI=1S/C15H13NO2/c1-15(17,12-6-8-18-10-12)14-4-2-3-11-5-7-16-9-13(11)14/h2-10,17H,1H3. The number of nitrogens with zero attached hydrogens (tertiary/aromatic N) is 1. The molecule has 0 aliphatic carbocycles. The van der Waals surface area contributed by atoms with E-state index in [4.69, 9.17) is 4.42 Å². The second kappa shape index (κ2) is 3.96. The summed E-state index contributed by atoms with van der Waals surface area (Å²) in [6, 6.07) is 9.56. The first kappa shape index (κ1) is 11.0. The molecule has 0 aliphatic heterocycles. The van der Waals surface area contributed by atoms with Gasteiger partial charge in [-0.25, -0.2) is 0 Å². The molecule has 2 heterocycles. The molecule has 90 valence electrons. The van der Waals surface area contributed by atoms with Crippen LogP contribution in [-0.4, -0.2) is 10.1 Å². The summed E-state index contributed by atoms with van der Waals surface area (Å²) in [7, 11) is 0. The van der Waals surface area contributed by atoms with Crippen molar-refractivity contribution in [2.24, 2.45) is 0 Å². The fourth-order valence-electron chi connectivity index (χ4n) is 2.23. The van der Waals surface area contributed by atoms with Crippen molar-refractivity contribution in [1.29, 1.82) is 0 Å². The first-order chi connectivity index (χ1) is 8.69. The van der Waals surface area contributed by atoms with E-state index >= 15 is 0 Å². The summed E-state index contributed by atoms with van der Waals surface area (Å²) in [6.07, 6.45) is 6.65. The molecule has 0 amide bonds. The molecule has 1 unspecified atom stereocenters. The smallest absolute Gasteiger partial charge is 0.116 e. The number of aromatic nitrogens is 1. The van der Waals surface area contributed by atoms with Crippen LogP contribution in [0.25, 0.3) is 10.8 Å². The second-order valence-electron chi connectivity index (χ2n) is 4.49. The van der Waals surface area contributed by atoms with Crippen LogP contribution in [0.1, 0.15) is 18.1 Å². The number of benzene rings is 1. The first-order valence-corrected chi connectivity index (χ1v) is 5.78. The SMILES string of the molecule is CC(O)(c1ccoc1)c1cccc2ccncc12. The van der Waals surface area contributed by atoms with E-state index in [-0.39, 0.29) is 0 Å². The van der Waals surface area contributed by atoms with Gasteiger partial charge in [0.05, 0.1) is 12.5 Å². The molecule has 3 heteroatoms. The number of pyridine rings is 1. The third-order valence-corrected chi connectivity index (χ3v) is 3.29. The van der Waals surface area contributed by atoms with Crippen LogP contribution in [0, 0.1) is 0 Å². The monoisotopic (exact) mass is 239 g/mol. The van der Waals surface area contributed by atoms with Gasteiger partial charge in [0.25, 0.3) is 0 Å². The lowest BCUT2D eigenvalue weighted by Crippen LogP contribution is -2.22. The van der Waals surface area contributed by atoms with Crippen molar-refractivity contribution >= 4 is 10.8 Å². The van der Waals surface area contributed by atoms with E-state index in [0.717, 1.165) is 21.9 Å². The predicted molar refractivity (Wildman–Crippen MR) is 69.1 cm³/mol. The summed E-state index contributed by atoms with van der Waals surface area (Å²) >= 11 is 0. The Kier molecular flexibility index (Phi) is 2.42. The summed E-state index contributed by atoms with van der Waals surface area (Å²) in [5.74, 6) is 0. The van der Waals surface area contributed by atoms with Gasteiger partial charge in [0, 0.05) is 23.3 Å². The molecule has 0 saturated carbocycles. The molecule has 0 radical (unpaired) electrons. The van der Waals surface area contributed by atoms with Crippen LogP contribution in [0.4, 0.5) is 0 Å². The van der Waals surface area contributed by atoms with Gasteiger partial charge in [0.1, 0.15) is 5.60 Å². The Morgan fingerprint density at radius 1 is 1.22 bits per heavy atom. The zero-order chi connectivity index (χ0) is 12.6. The number of hydrogen-bond acceptors (Lipinski definition) is 3. The minimum Gasteiger partial charge on any atom is -0.472 e. The third-order valence-electron chi connectivity index (χ3n) is 3.29. The Labute approximate surface area is 105 Å². The summed E-state index contributed by atoms with van der Waals surface area (Å²) in [6.45, 7) is 1.76. The molecule has 3 nitrogen and oxygen atoms in total. The van der Waals surface area contributed by atoms with Crippen LogP contribution in [0.2, 0.25) is 0 Å². The quantitative estimate of drug-likeness (QED) is 0.747. The highest BCUT2D eigenvalue weighted by molar-refractivity contribution is 5.85. The molecule has 1 N–H and O–H groups in total. The molecule has 3 rings (SSSR count). The van der Waals surface area contributed by atoms with Crippen LogP contribution >= 0.6 is 0 Å². The van der Waals surface area contributed by atoms with Crippen molar-refractivity contribution in [2.45, 2.75) is 12.5 Å². The maximum absolute atomic E-state index is 10.8. The number of fused-ring (bicyclic) bond motifs is 1. The van der Waals surface area contributed by atoms with Gasteiger partial charge >= 0.3 is 0 Å². The lowest BCUT2D eigenvalue weighted by molar-refractivity contribution is 0.103. The average molecular weight is 239 g/mol. The minimum absolute atomic E-state index is 0.735. The molecule has 0 saturated heterocycles. The second-order valence-corrected chi connectivity index (χ2v) is 4.49. The number of aliphatic hydroxyl groups is 1. The topological polar surface area (TPSA) is 46.3 Å². The van der Waals surface area contributed by atoms with E-state index in [2.05, 4.69) is 4.98 Å². The Morgan fingerprint density at radius 2 is 2.11 bits per heavy atom. The average Bonchev–Trinajstić information content (AvgIpc) is 2.92. The van der Waals surface area contributed by atoms with E-state index in [1.54, 1.807) is 37.9 Å². The fourth-order valence-corrected chi connectivity index (χ4v) is 2.23. The number of rotatable bonds is 2. The molecule has 0 fully saturated rings. The van der Waals surface area contributed by atoms with Crippen LogP contribution in [0.5, 0.6) is 0 Å². The van der Waals surface area contributed by atoms with Crippen molar-refractivity contribution < 1.29 is 9.52 Å². The third kappa shape index (κ3) is 1.60. The molecular weight excluding hydrogens is 226 g/mol. The zero-order valence-corrected chi connectivity index (χ0v) is 10.00. The van der Waals surface area contributed by atoms with Gasteiger partial charge in [0.15, 0.2) is 0 Å². The van der Waals surface area contributed by atoms with Crippen molar-refractivity contribution in [3.8, 4) is 0 Å². The van der Waals surface area contributed by atoms with Crippen LogP contribution in [0.15, 0.2) is 59.7 Å². The molecule has 0 aliphatic rings. The fraction of sp³-hybridized carbons (Fsp3) is 0.133. The maximum atomic E-state index is 10.8. The van der Waals surface area contributed by atoms with Crippen LogP contribution < -0.4 is 0 Å². The minimum atomic E-state index is -1.09. The van der Waals surface area contributed by atoms with Gasteiger partial charge in [-0.15, -0.1) is 0 Å². The molecule has 2 aromatic heterocycles. The predicted octanol–water partition coefficient (Wildman–Crippen LogP) is 3.08.